The molecule has 0 fully saturated rings. The van der Waals surface area contributed by atoms with Gasteiger partial charge in [0.1, 0.15) is 0 Å². The Morgan fingerprint density at radius 1 is 1.27 bits per heavy atom. The highest BCUT2D eigenvalue weighted by Gasteiger charge is 2.17. The van der Waals surface area contributed by atoms with Crippen molar-refractivity contribution in [2.75, 3.05) is 18.9 Å². The van der Waals surface area contributed by atoms with Crippen molar-refractivity contribution in [1.82, 2.24) is 5.32 Å². The number of nitrogens with one attached hydrogen (secondary N) is 1. The molecule has 0 aliphatic carbocycles. The molecule has 1 rings (SSSR count). The van der Waals surface area contributed by atoms with Gasteiger partial charge in [-0.3, -0.25) is 9.59 Å². The molecule has 0 bridgehead atoms. The molecule has 0 aliphatic heterocycles. The van der Waals surface area contributed by atoms with Gasteiger partial charge in [-0.1, -0.05) is 23.8 Å². The molecule has 1 aromatic carbocycles. The van der Waals surface area contributed by atoms with Gasteiger partial charge >= 0.3 is 5.97 Å². The second kappa shape index (κ2) is 8.33. The molecule has 0 heterocycles. The lowest BCUT2D eigenvalue weighted by atomic mass is 10.2. The molecule has 0 radical (unpaired) electrons. The summed E-state index contributed by atoms with van der Waals surface area (Å²) < 4.78 is 28.8. The first-order valence-electron chi connectivity index (χ1n) is 6.68. The molecule has 1 aromatic rings. The van der Waals surface area contributed by atoms with Crippen molar-refractivity contribution in [3.05, 3.63) is 42.5 Å². The second-order valence-electron chi connectivity index (χ2n) is 4.64. The number of amides is 1. The number of esters is 1. The van der Waals surface area contributed by atoms with E-state index in [2.05, 4.69) is 11.9 Å². The number of carbonyl (C=O) groups is 2. The van der Waals surface area contributed by atoms with E-state index in [9.17, 15) is 18.0 Å². The minimum atomic E-state index is -3.54. The van der Waals surface area contributed by atoms with Crippen molar-refractivity contribution in [2.45, 2.75) is 18.2 Å². The van der Waals surface area contributed by atoms with Gasteiger partial charge in [0, 0.05) is 6.54 Å². The monoisotopic (exact) mass is 325 g/mol. The molecule has 0 spiro atoms. The Bertz CT molecular complexity index is 634. The topological polar surface area (TPSA) is 89.5 Å². The second-order valence-corrected chi connectivity index (χ2v) is 6.74. The summed E-state index contributed by atoms with van der Waals surface area (Å²) in [6.07, 6.45) is 1.19. The summed E-state index contributed by atoms with van der Waals surface area (Å²) in [4.78, 5) is 22.8. The van der Waals surface area contributed by atoms with Gasteiger partial charge in [0.2, 0.25) is 0 Å². The van der Waals surface area contributed by atoms with Gasteiger partial charge < -0.3 is 10.1 Å². The quantitative estimate of drug-likeness (QED) is 0.569. The van der Waals surface area contributed by atoms with Crippen LogP contribution >= 0.6 is 0 Å². The first-order chi connectivity index (χ1) is 10.3. The van der Waals surface area contributed by atoms with Crippen LogP contribution in [0.3, 0.4) is 0 Å². The molecule has 7 heteroatoms. The number of sulfone groups is 1. The van der Waals surface area contributed by atoms with Crippen LogP contribution < -0.4 is 5.32 Å². The number of hydrogen-bond donors (Lipinski definition) is 1. The van der Waals surface area contributed by atoms with E-state index in [1.807, 2.05) is 6.92 Å². The zero-order chi connectivity index (χ0) is 16.6. The molecule has 0 atom stereocenters. The standard InChI is InChI=1S/C15H19NO5S/c1-3-9-16-14(17)11-21-15(18)8-10-22(19,20)13-6-4-12(2)5-7-13/h3-7H,1,8-11H2,2H3,(H,16,17). The molecule has 0 aromatic heterocycles. The predicted molar refractivity (Wildman–Crippen MR) is 82.0 cm³/mol. The third kappa shape index (κ3) is 6.09. The molecule has 22 heavy (non-hydrogen) atoms. The third-order valence-electron chi connectivity index (χ3n) is 2.76. The fraction of sp³-hybridized carbons (Fsp3) is 0.333. The van der Waals surface area contributed by atoms with Crippen molar-refractivity contribution in [2.24, 2.45) is 0 Å². The fourth-order valence-electron chi connectivity index (χ4n) is 1.54. The largest absolute Gasteiger partial charge is 0.456 e. The van der Waals surface area contributed by atoms with Crippen LogP contribution in [0.5, 0.6) is 0 Å². The Morgan fingerprint density at radius 2 is 1.91 bits per heavy atom. The van der Waals surface area contributed by atoms with E-state index in [0.717, 1.165) is 5.56 Å². The van der Waals surface area contributed by atoms with Crippen LogP contribution in [0.25, 0.3) is 0 Å². The van der Waals surface area contributed by atoms with E-state index in [1.54, 1.807) is 12.1 Å². The lowest BCUT2D eigenvalue weighted by molar-refractivity contribution is -0.148. The van der Waals surface area contributed by atoms with Gasteiger partial charge in [0.15, 0.2) is 16.4 Å². The predicted octanol–water partition coefficient (Wildman–Crippen LogP) is 1.00. The zero-order valence-electron chi connectivity index (χ0n) is 12.4. The van der Waals surface area contributed by atoms with Crippen LogP contribution in [0.2, 0.25) is 0 Å². The van der Waals surface area contributed by atoms with Crippen molar-refractivity contribution in [3.8, 4) is 0 Å². The Balaban J connectivity index is 2.44. The van der Waals surface area contributed by atoms with Gasteiger partial charge in [-0.25, -0.2) is 8.42 Å². The third-order valence-corrected chi connectivity index (χ3v) is 4.49. The minimum absolute atomic E-state index is 0.162. The highest BCUT2D eigenvalue weighted by atomic mass is 32.2. The van der Waals surface area contributed by atoms with E-state index in [-0.39, 0.29) is 23.6 Å². The average Bonchev–Trinajstić information content (AvgIpc) is 2.49. The number of ether oxygens (including phenoxy) is 1. The summed E-state index contributed by atoms with van der Waals surface area (Å²) in [5.41, 5.74) is 0.948. The molecular formula is C15H19NO5S. The molecule has 0 unspecified atom stereocenters. The zero-order valence-corrected chi connectivity index (χ0v) is 13.2. The molecule has 6 nitrogen and oxygen atoms in total. The maximum Gasteiger partial charge on any atom is 0.307 e. The lowest BCUT2D eigenvalue weighted by Crippen LogP contribution is -2.29. The molecule has 0 saturated heterocycles. The first kappa shape index (κ1) is 17.9. The van der Waals surface area contributed by atoms with Crippen molar-refractivity contribution >= 4 is 21.7 Å². The highest BCUT2D eigenvalue weighted by Crippen LogP contribution is 2.13. The number of benzene rings is 1. The molecule has 1 amide bonds. The maximum absolute atomic E-state index is 12.0. The van der Waals surface area contributed by atoms with E-state index in [4.69, 9.17) is 4.74 Å². The Hall–Kier alpha value is -2.15. The minimum Gasteiger partial charge on any atom is -0.456 e. The Morgan fingerprint density at radius 3 is 2.50 bits per heavy atom. The van der Waals surface area contributed by atoms with Crippen LogP contribution in [0.1, 0.15) is 12.0 Å². The summed E-state index contributed by atoms with van der Waals surface area (Å²) in [6, 6.07) is 6.38. The van der Waals surface area contributed by atoms with Crippen molar-refractivity contribution < 1.29 is 22.7 Å². The molecule has 0 aliphatic rings. The Labute approximate surface area is 130 Å². The molecule has 1 N–H and O–H groups in total. The van der Waals surface area contributed by atoms with E-state index in [0.29, 0.717) is 0 Å². The van der Waals surface area contributed by atoms with Crippen molar-refractivity contribution in [3.63, 3.8) is 0 Å². The summed E-state index contributed by atoms with van der Waals surface area (Å²) in [5, 5.41) is 2.44. The van der Waals surface area contributed by atoms with Gasteiger partial charge in [-0.05, 0) is 19.1 Å². The van der Waals surface area contributed by atoms with E-state index >= 15 is 0 Å². The lowest BCUT2D eigenvalue weighted by Gasteiger charge is -2.06. The normalized spacial score (nSPS) is 10.8. The van der Waals surface area contributed by atoms with Gasteiger partial charge in [0.05, 0.1) is 17.1 Å². The summed E-state index contributed by atoms with van der Waals surface area (Å²) >= 11 is 0. The van der Waals surface area contributed by atoms with E-state index in [1.165, 1.54) is 18.2 Å². The van der Waals surface area contributed by atoms with E-state index < -0.39 is 28.3 Å². The maximum atomic E-state index is 12.0. The molecule has 120 valence electrons. The van der Waals surface area contributed by atoms with Crippen LogP contribution in [0, 0.1) is 6.92 Å². The summed E-state index contributed by atoms with van der Waals surface area (Å²) in [5.74, 6) is -1.55. The summed E-state index contributed by atoms with van der Waals surface area (Å²) in [7, 11) is -3.54. The van der Waals surface area contributed by atoms with Crippen LogP contribution in [-0.2, 0) is 24.2 Å². The van der Waals surface area contributed by atoms with Crippen LogP contribution in [0.15, 0.2) is 41.8 Å². The highest BCUT2D eigenvalue weighted by molar-refractivity contribution is 7.91. The SMILES string of the molecule is C=CCNC(=O)COC(=O)CCS(=O)(=O)c1ccc(C)cc1. The van der Waals surface area contributed by atoms with Crippen molar-refractivity contribution in [1.29, 1.82) is 0 Å². The van der Waals surface area contributed by atoms with Gasteiger partial charge in [-0.2, -0.15) is 0 Å². The van der Waals surface area contributed by atoms with Gasteiger partial charge in [0.25, 0.3) is 5.91 Å². The number of hydrogen-bond acceptors (Lipinski definition) is 5. The summed E-state index contributed by atoms with van der Waals surface area (Å²) in [6.45, 7) is 5.12. The fourth-order valence-corrected chi connectivity index (χ4v) is 2.76. The van der Waals surface area contributed by atoms with Crippen LogP contribution in [-0.4, -0.2) is 39.2 Å². The van der Waals surface area contributed by atoms with Crippen LogP contribution in [0.4, 0.5) is 0 Å². The number of carbonyl (C=O) groups excluding carboxylic acids is 2. The number of rotatable bonds is 8. The number of aryl methyl sites for hydroxylation is 1. The van der Waals surface area contributed by atoms with Gasteiger partial charge in [-0.15, -0.1) is 6.58 Å². The smallest absolute Gasteiger partial charge is 0.307 e. The average molecular weight is 325 g/mol. The molecular weight excluding hydrogens is 306 g/mol. The molecule has 0 saturated carbocycles. The first-order valence-corrected chi connectivity index (χ1v) is 8.33. The Kier molecular flexibility index (Phi) is 6.78.